The summed E-state index contributed by atoms with van der Waals surface area (Å²) in [5.41, 5.74) is 1.36. The van der Waals surface area contributed by atoms with Gasteiger partial charge in [-0.1, -0.05) is 6.08 Å². The molecule has 2 rings (SSSR count). The normalized spacial score (nSPS) is 16.5. The van der Waals surface area contributed by atoms with Crippen molar-refractivity contribution in [1.29, 1.82) is 0 Å². The minimum atomic E-state index is 0.0171. The van der Waals surface area contributed by atoms with E-state index in [0.717, 1.165) is 24.8 Å². The number of allylic oxidation sites excluding steroid dienone is 2. The molecule has 0 aromatic carbocycles. The summed E-state index contributed by atoms with van der Waals surface area (Å²) in [6, 6.07) is 1.63. The fraction of sp³-hybridized carbons (Fsp3) is 0.364. The molecule has 2 nitrogen and oxygen atoms in total. The van der Waals surface area contributed by atoms with Gasteiger partial charge in [-0.25, -0.2) is 0 Å². The lowest BCUT2D eigenvalue weighted by Gasteiger charge is -2.10. The zero-order chi connectivity index (χ0) is 9.97. The molecule has 0 bridgehead atoms. The number of furan rings is 1. The van der Waals surface area contributed by atoms with E-state index >= 15 is 0 Å². The fourth-order valence-electron chi connectivity index (χ4n) is 1.67. The van der Waals surface area contributed by atoms with E-state index in [0.29, 0.717) is 5.56 Å². The largest absolute Gasteiger partial charge is 0.452 e. The molecule has 0 spiro atoms. The monoisotopic (exact) mass is 210 g/mol. The van der Waals surface area contributed by atoms with E-state index in [2.05, 4.69) is 0 Å². The second kappa shape index (κ2) is 4.01. The number of hydrogen-bond acceptors (Lipinski definition) is 2. The van der Waals surface area contributed by atoms with Crippen LogP contribution in [-0.2, 0) is 0 Å². The van der Waals surface area contributed by atoms with Crippen molar-refractivity contribution in [2.45, 2.75) is 25.7 Å². The van der Waals surface area contributed by atoms with Crippen molar-refractivity contribution >= 4 is 17.4 Å². The summed E-state index contributed by atoms with van der Waals surface area (Å²) in [5.74, 6) is 0.0171. The average Bonchev–Trinajstić information content (AvgIpc) is 2.65. The second-order valence-electron chi connectivity index (χ2n) is 3.41. The van der Waals surface area contributed by atoms with Crippen LogP contribution in [0, 0.1) is 0 Å². The topological polar surface area (TPSA) is 30.2 Å². The number of rotatable bonds is 2. The number of halogens is 1. The van der Waals surface area contributed by atoms with Gasteiger partial charge >= 0.3 is 0 Å². The first kappa shape index (κ1) is 9.53. The van der Waals surface area contributed by atoms with Crippen LogP contribution in [0.2, 0.25) is 5.22 Å². The van der Waals surface area contributed by atoms with Crippen LogP contribution in [0.1, 0.15) is 36.0 Å². The summed E-state index contributed by atoms with van der Waals surface area (Å²) >= 11 is 5.74. The molecule has 1 aromatic heterocycles. The molecule has 0 fully saturated rings. The van der Waals surface area contributed by atoms with Crippen molar-refractivity contribution < 1.29 is 9.21 Å². The minimum Gasteiger partial charge on any atom is -0.452 e. The molecule has 0 radical (unpaired) electrons. The van der Waals surface area contributed by atoms with Crippen molar-refractivity contribution in [3.8, 4) is 0 Å². The van der Waals surface area contributed by atoms with Crippen molar-refractivity contribution in [3.05, 3.63) is 34.8 Å². The van der Waals surface area contributed by atoms with Gasteiger partial charge in [0.2, 0.25) is 5.22 Å². The molecule has 1 heterocycles. The summed E-state index contributed by atoms with van der Waals surface area (Å²) in [5, 5.41) is 0.196. The molecule has 14 heavy (non-hydrogen) atoms. The average molecular weight is 211 g/mol. The lowest BCUT2D eigenvalue weighted by atomic mass is 9.94. The molecule has 0 N–H and O–H groups in total. The van der Waals surface area contributed by atoms with E-state index in [1.807, 2.05) is 6.08 Å². The van der Waals surface area contributed by atoms with Crippen LogP contribution in [-0.4, -0.2) is 5.78 Å². The van der Waals surface area contributed by atoms with Crippen molar-refractivity contribution in [2.75, 3.05) is 0 Å². The minimum absolute atomic E-state index is 0.0171. The third-order valence-corrected chi connectivity index (χ3v) is 2.74. The van der Waals surface area contributed by atoms with Gasteiger partial charge in [-0.2, -0.15) is 0 Å². The van der Waals surface area contributed by atoms with E-state index < -0.39 is 0 Å². The van der Waals surface area contributed by atoms with Gasteiger partial charge < -0.3 is 4.42 Å². The van der Waals surface area contributed by atoms with Crippen LogP contribution < -0.4 is 0 Å². The van der Waals surface area contributed by atoms with Crippen LogP contribution in [0.5, 0.6) is 0 Å². The second-order valence-corrected chi connectivity index (χ2v) is 3.76. The Bertz CT molecular complexity index is 376. The molecule has 3 heteroatoms. The van der Waals surface area contributed by atoms with Gasteiger partial charge in [0.15, 0.2) is 5.78 Å². The Kier molecular flexibility index (Phi) is 2.73. The van der Waals surface area contributed by atoms with Crippen LogP contribution in [0.15, 0.2) is 28.4 Å². The summed E-state index contributed by atoms with van der Waals surface area (Å²) < 4.78 is 4.89. The molecule has 1 aliphatic rings. The standard InChI is InChI=1S/C11H11ClO2/c12-11-9(6-7-14-11)10(13)8-4-2-1-3-5-8/h4,6-7H,1-3,5H2. The van der Waals surface area contributed by atoms with Gasteiger partial charge in [-0.05, 0) is 48.9 Å². The maximum absolute atomic E-state index is 11.9. The third kappa shape index (κ3) is 1.75. The maximum Gasteiger partial charge on any atom is 0.204 e. The Morgan fingerprint density at radius 2 is 2.29 bits per heavy atom. The first-order chi connectivity index (χ1) is 6.79. The van der Waals surface area contributed by atoms with Crippen molar-refractivity contribution in [3.63, 3.8) is 0 Å². The van der Waals surface area contributed by atoms with Crippen LogP contribution >= 0.6 is 11.6 Å². The molecule has 0 unspecified atom stereocenters. The first-order valence-electron chi connectivity index (χ1n) is 4.76. The highest BCUT2D eigenvalue weighted by atomic mass is 35.5. The molecule has 0 saturated carbocycles. The highest BCUT2D eigenvalue weighted by Crippen LogP contribution is 2.25. The number of carbonyl (C=O) groups is 1. The van der Waals surface area contributed by atoms with Gasteiger partial charge in [-0.15, -0.1) is 0 Å². The molecule has 1 aliphatic carbocycles. The SMILES string of the molecule is O=C(C1=CCCCC1)c1ccoc1Cl. The van der Waals surface area contributed by atoms with Gasteiger partial charge in [0.05, 0.1) is 11.8 Å². The Balaban J connectivity index is 2.23. The molecule has 0 amide bonds. The summed E-state index contributed by atoms with van der Waals surface area (Å²) in [4.78, 5) is 11.9. The summed E-state index contributed by atoms with van der Waals surface area (Å²) in [6.07, 6.45) is 7.58. The van der Waals surface area contributed by atoms with E-state index in [1.165, 1.54) is 12.7 Å². The molecule has 1 aromatic rings. The molecule has 0 atom stereocenters. The Hall–Kier alpha value is -1.02. The van der Waals surface area contributed by atoms with E-state index in [1.54, 1.807) is 6.07 Å². The zero-order valence-corrected chi connectivity index (χ0v) is 8.51. The first-order valence-corrected chi connectivity index (χ1v) is 5.13. The zero-order valence-electron chi connectivity index (χ0n) is 7.75. The van der Waals surface area contributed by atoms with Crippen molar-refractivity contribution in [2.24, 2.45) is 0 Å². The molecule has 74 valence electrons. The van der Waals surface area contributed by atoms with E-state index in [4.69, 9.17) is 16.0 Å². The number of carbonyl (C=O) groups excluding carboxylic acids is 1. The maximum atomic E-state index is 11.9. The number of Topliss-reactive ketones (excluding diaryl/α,β-unsaturated/α-hetero) is 1. The van der Waals surface area contributed by atoms with Crippen molar-refractivity contribution in [1.82, 2.24) is 0 Å². The Morgan fingerprint density at radius 3 is 2.86 bits per heavy atom. The summed E-state index contributed by atoms with van der Waals surface area (Å²) in [6.45, 7) is 0. The highest BCUT2D eigenvalue weighted by Gasteiger charge is 2.18. The van der Waals surface area contributed by atoms with Gasteiger partial charge in [-0.3, -0.25) is 4.79 Å². The van der Waals surface area contributed by atoms with Crippen LogP contribution in [0.25, 0.3) is 0 Å². The van der Waals surface area contributed by atoms with Gasteiger partial charge in [0.25, 0.3) is 0 Å². The van der Waals surface area contributed by atoms with Gasteiger partial charge in [0.1, 0.15) is 0 Å². The quantitative estimate of drug-likeness (QED) is 0.698. The Labute approximate surface area is 87.5 Å². The van der Waals surface area contributed by atoms with E-state index in [9.17, 15) is 4.79 Å². The smallest absolute Gasteiger partial charge is 0.204 e. The molecular formula is C11H11ClO2. The van der Waals surface area contributed by atoms with Gasteiger partial charge in [0, 0.05) is 0 Å². The van der Waals surface area contributed by atoms with Crippen LogP contribution in [0.4, 0.5) is 0 Å². The highest BCUT2D eigenvalue weighted by molar-refractivity contribution is 6.33. The molecular weight excluding hydrogens is 200 g/mol. The fourth-order valence-corrected chi connectivity index (χ4v) is 1.87. The number of ketones is 1. The number of hydrogen-bond donors (Lipinski definition) is 0. The molecule has 0 saturated heterocycles. The summed E-state index contributed by atoms with van der Waals surface area (Å²) in [7, 11) is 0. The van der Waals surface area contributed by atoms with Crippen LogP contribution in [0.3, 0.4) is 0 Å². The van der Waals surface area contributed by atoms with E-state index in [-0.39, 0.29) is 11.0 Å². The third-order valence-electron chi connectivity index (χ3n) is 2.45. The predicted octanol–water partition coefficient (Wildman–Crippen LogP) is 3.62. The predicted molar refractivity (Wildman–Crippen MR) is 54.6 cm³/mol. The lowest BCUT2D eigenvalue weighted by Crippen LogP contribution is -2.05. The Morgan fingerprint density at radius 1 is 1.43 bits per heavy atom. The molecule has 0 aliphatic heterocycles. The lowest BCUT2D eigenvalue weighted by molar-refractivity contribution is 0.102.